The fraction of sp³-hybridized carbons (Fsp3) is 0.625. The second-order valence-electron chi connectivity index (χ2n) is 1.93. The predicted octanol–water partition coefficient (Wildman–Crippen LogP) is -2.84. The van der Waals surface area contributed by atoms with Gasteiger partial charge in [-0.3, -0.25) is 0 Å². The van der Waals surface area contributed by atoms with E-state index in [2.05, 4.69) is 0 Å². The summed E-state index contributed by atoms with van der Waals surface area (Å²) in [7, 11) is 0. The van der Waals surface area contributed by atoms with Crippen molar-refractivity contribution in [3.63, 3.8) is 0 Å². The summed E-state index contributed by atoms with van der Waals surface area (Å²) in [6.45, 7) is 4.35. The van der Waals surface area contributed by atoms with Gasteiger partial charge in [-0.15, -0.1) is 6.26 Å². The van der Waals surface area contributed by atoms with E-state index in [1.807, 2.05) is 0 Å². The molecule has 0 spiro atoms. The van der Waals surface area contributed by atoms with Crippen LogP contribution in [0.1, 0.15) is 13.8 Å². The van der Waals surface area contributed by atoms with Gasteiger partial charge in [0.1, 0.15) is 0 Å². The van der Waals surface area contributed by atoms with Crippen LogP contribution in [-0.4, -0.2) is 19.5 Å². The first-order valence-electron chi connectivity index (χ1n) is 3.75. The Balaban J connectivity index is 0. The standard InChI is InChI=1S/C8H13NO3.Na/c1-3-11-8(12-4-2)7(5-9)6-10;/h6,8,10H,3-4H2,1-2H3;/q;+1/p-1/b7-6-;. The van der Waals surface area contributed by atoms with Crippen LogP contribution < -0.4 is 34.7 Å². The molecule has 0 fully saturated rings. The van der Waals surface area contributed by atoms with Gasteiger partial charge >= 0.3 is 29.6 Å². The van der Waals surface area contributed by atoms with Gasteiger partial charge in [-0.25, -0.2) is 0 Å². The van der Waals surface area contributed by atoms with Crippen molar-refractivity contribution >= 4 is 0 Å². The van der Waals surface area contributed by atoms with Crippen LogP contribution in [0.5, 0.6) is 0 Å². The van der Waals surface area contributed by atoms with Gasteiger partial charge in [0.05, 0.1) is 11.6 Å². The van der Waals surface area contributed by atoms with Crippen molar-refractivity contribution in [2.24, 2.45) is 0 Å². The molecule has 0 radical (unpaired) electrons. The van der Waals surface area contributed by atoms with E-state index in [1.165, 1.54) is 0 Å². The van der Waals surface area contributed by atoms with Crippen LogP contribution >= 0.6 is 0 Å². The van der Waals surface area contributed by atoms with Crippen molar-refractivity contribution in [2.75, 3.05) is 13.2 Å². The Kier molecular flexibility index (Phi) is 11.9. The molecule has 0 amide bonds. The van der Waals surface area contributed by atoms with Crippen molar-refractivity contribution in [1.82, 2.24) is 0 Å². The number of hydrogen-bond donors (Lipinski definition) is 0. The monoisotopic (exact) mass is 193 g/mol. The van der Waals surface area contributed by atoms with E-state index in [0.29, 0.717) is 19.5 Å². The van der Waals surface area contributed by atoms with E-state index in [0.717, 1.165) is 0 Å². The molecule has 0 heterocycles. The molecule has 0 aromatic rings. The number of nitrogens with zero attached hydrogens (tertiary/aromatic N) is 1. The molecule has 0 rings (SSSR count). The molecular weight excluding hydrogens is 181 g/mol. The van der Waals surface area contributed by atoms with Gasteiger partial charge in [0.2, 0.25) is 0 Å². The Hall–Kier alpha value is -0.0500. The summed E-state index contributed by atoms with van der Waals surface area (Å²) in [4.78, 5) is 0. The van der Waals surface area contributed by atoms with Crippen LogP contribution in [0, 0.1) is 11.3 Å². The molecule has 0 aliphatic heterocycles. The number of nitriles is 1. The largest absolute Gasteiger partial charge is 1.00 e. The van der Waals surface area contributed by atoms with E-state index >= 15 is 0 Å². The Morgan fingerprint density at radius 2 is 1.92 bits per heavy atom. The third kappa shape index (κ3) is 6.08. The Labute approximate surface area is 100 Å². The third-order valence-electron chi connectivity index (χ3n) is 1.15. The topological polar surface area (TPSA) is 65.3 Å². The molecule has 13 heavy (non-hydrogen) atoms. The number of ether oxygens (including phenoxy) is 2. The van der Waals surface area contributed by atoms with E-state index < -0.39 is 6.29 Å². The number of rotatable bonds is 5. The molecule has 0 unspecified atom stereocenters. The van der Waals surface area contributed by atoms with Crippen LogP contribution in [0.3, 0.4) is 0 Å². The maximum atomic E-state index is 10.3. The van der Waals surface area contributed by atoms with E-state index in [4.69, 9.17) is 14.7 Å². The molecule has 0 aliphatic rings. The summed E-state index contributed by atoms with van der Waals surface area (Å²) in [5.74, 6) is 0. The first-order valence-corrected chi connectivity index (χ1v) is 3.75. The van der Waals surface area contributed by atoms with Crippen molar-refractivity contribution < 1.29 is 44.1 Å². The van der Waals surface area contributed by atoms with Gasteiger partial charge in [0, 0.05) is 13.2 Å². The van der Waals surface area contributed by atoms with E-state index in [1.54, 1.807) is 19.9 Å². The minimum absolute atomic E-state index is 0. The average molecular weight is 193 g/mol. The summed E-state index contributed by atoms with van der Waals surface area (Å²) in [5.41, 5.74) is -0.0290. The molecule has 0 saturated carbocycles. The fourth-order valence-corrected chi connectivity index (χ4v) is 0.665. The second kappa shape index (κ2) is 10.0. The minimum atomic E-state index is -0.803. The molecular formula is C8H12NNaO3. The Morgan fingerprint density at radius 1 is 1.46 bits per heavy atom. The molecule has 0 saturated heterocycles. The maximum Gasteiger partial charge on any atom is 1.00 e. The van der Waals surface area contributed by atoms with Gasteiger partial charge < -0.3 is 14.6 Å². The van der Waals surface area contributed by atoms with Crippen LogP contribution in [0.25, 0.3) is 0 Å². The van der Waals surface area contributed by atoms with Gasteiger partial charge in [0.25, 0.3) is 0 Å². The summed E-state index contributed by atoms with van der Waals surface area (Å²) < 4.78 is 10.0. The fourth-order valence-electron chi connectivity index (χ4n) is 0.665. The summed E-state index contributed by atoms with van der Waals surface area (Å²) >= 11 is 0. The normalized spacial score (nSPS) is 10.8. The molecule has 0 aromatic heterocycles. The van der Waals surface area contributed by atoms with Gasteiger partial charge in [-0.2, -0.15) is 5.26 Å². The van der Waals surface area contributed by atoms with Crippen molar-refractivity contribution in [2.45, 2.75) is 20.1 Å². The van der Waals surface area contributed by atoms with Crippen LogP contribution in [0.2, 0.25) is 0 Å². The first kappa shape index (κ1) is 15.4. The zero-order valence-electron chi connectivity index (χ0n) is 8.24. The minimum Gasteiger partial charge on any atom is -0.877 e. The van der Waals surface area contributed by atoms with Gasteiger partial charge in [-0.05, 0) is 13.8 Å². The summed E-state index contributed by atoms with van der Waals surface area (Å²) in [6, 6.07) is 1.72. The Morgan fingerprint density at radius 3 is 2.15 bits per heavy atom. The average Bonchev–Trinajstić information content (AvgIpc) is 2.07. The van der Waals surface area contributed by atoms with Crippen LogP contribution in [0.4, 0.5) is 0 Å². The molecule has 0 aliphatic carbocycles. The molecule has 68 valence electrons. The molecule has 0 N–H and O–H groups in total. The third-order valence-corrected chi connectivity index (χ3v) is 1.15. The van der Waals surface area contributed by atoms with Gasteiger partial charge in [0.15, 0.2) is 6.29 Å². The molecule has 0 atom stereocenters. The molecule has 4 nitrogen and oxygen atoms in total. The molecule has 0 bridgehead atoms. The first-order chi connectivity index (χ1) is 5.79. The van der Waals surface area contributed by atoms with Crippen LogP contribution in [-0.2, 0) is 9.47 Å². The predicted molar refractivity (Wildman–Crippen MR) is 40.7 cm³/mol. The molecule has 0 aromatic carbocycles. The van der Waals surface area contributed by atoms with E-state index in [9.17, 15) is 5.11 Å². The van der Waals surface area contributed by atoms with Crippen molar-refractivity contribution in [1.29, 1.82) is 5.26 Å². The zero-order valence-corrected chi connectivity index (χ0v) is 10.2. The molecule has 5 heteroatoms. The number of hydrogen-bond acceptors (Lipinski definition) is 4. The van der Waals surface area contributed by atoms with Crippen molar-refractivity contribution in [3.8, 4) is 6.07 Å². The summed E-state index contributed by atoms with van der Waals surface area (Å²) in [6.07, 6.45) is -0.349. The summed E-state index contributed by atoms with van der Waals surface area (Å²) in [5, 5.41) is 18.8. The van der Waals surface area contributed by atoms with E-state index in [-0.39, 0.29) is 35.1 Å². The SMILES string of the molecule is CCOC(OCC)/C(C#N)=C\[O-].[Na+]. The van der Waals surface area contributed by atoms with Gasteiger partial charge in [-0.1, -0.05) is 0 Å². The Bertz CT molecular complexity index is 182. The van der Waals surface area contributed by atoms with Crippen LogP contribution in [0.15, 0.2) is 11.8 Å². The maximum absolute atomic E-state index is 10.3. The van der Waals surface area contributed by atoms with Crippen molar-refractivity contribution in [3.05, 3.63) is 11.8 Å². The smallest absolute Gasteiger partial charge is 0.877 e. The zero-order chi connectivity index (χ0) is 9.40. The quantitative estimate of drug-likeness (QED) is 0.204. The second-order valence-corrected chi connectivity index (χ2v) is 1.93.